The van der Waals surface area contributed by atoms with Crippen molar-refractivity contribution in [3.8, 4) is 23.7 Å². The number of unbranched alkanes of at least 4 members (excludes halogenated alkanes) is 2. The Morgan fingerprint density at radius 3 is 1.61 bits per heavy atom. The van der Waals surface area contributed by atoms with Crippen molar-refractivity contribution in [2.45, 2.75) is 32.6 Å². The molecule has 194 valence electrons. The van der Waals surface area contributed by atoms with Crippen LogP contribution in [0.3, 0.4) is 0 Å². The molecule has 0 radical (unpaired) electrons. The number of ether oxygens (including phenoxy) is 1. The summed E-state index contributed by atoms with van der Waals surface area (Å²) in [4.78, 5) is 14.6. The Labute approximate surface area is 224 Å². The first-order valence-electron chi connectivity index (χ1n) is 12.8. The summed E-state index contributed by atoms with van der Waals surface area (Å²) >= 11 is 0. The van der Waals surface area contributed by atoms with Crippen molar-refractivity contribution in [3.63, 3.8) is 0 Å². The molecule has 0 aliphatic rings. The second-order valence-corrected chi connectivity index (χ2v) is 8.29. The van der Waals surface area contributed by atoms with E-state index in [0.717, 1.165) is 32.9 Å². The highest BCUT2D eigenvalue weighted by Crippen LogP contribution is 2.36. The van der Waals surface area contributed by atoms with Crippen LogP contribution in [0.5, 0.6) is 0 Å². The Bertz CT molecular complexity index is 1340. The predicted octanol–water partition coefficient (Wildman–Crippen LogP) is 6.83. The zero-order valence-corrected chi connectivity index (χ0v) is 21.7. The molecule has 0 heterocycles. The van der Waals surface area contributed by atoms with Gasteiger partial charge in [0.25, 0.3) is 0 Å². The summed E-state index contributed by atoms with van der Waals surface area (Å²) in [6, 6.07) is 28.1. The minimum Gasteiger partial charge on any atom is -0.449 e. The molecule has 0 aliphatic carbocycles. The van der Waals surface area contributed by atoms with E-state index in [1.54, 1.807) is 4.90 Å². The molecule has 0 aliphatic heterocycles. The van der Waals surface area contributed by atoms with E-state index in [1.165, 1.54) is 0 Å². The van der Waals surface area contributed by atoms with Crippen molar-refractivity contribution in [1.82, 2.24) is 0 Å². The van der Waals surface area contributed by atoms with E-state index in [4.69, 9.17) is 14.9 Å². The highest BCUT2D eigenvalue weighted by molar-refractivity contribution is 6.11. The lowest BCUT2D eigenvalue weighted by Gasteiger charge is -2.25. The molecular formula is C33H33NO4. The van der Waals surface area contributed by atoms with Crippen LogP contribution in [0.15, 0.2) is 84.9 Å². The Kier molecular flexibility index (Phi) is 11.7. The van der Waals surface area contributed by atoms with Gasteiger partial charge in [0, 0.05) is 36.8 Å². The summed E-state index contributed by atoms with van der Waals surface area (Å²) in [6.45, 7) is 2.52. The van der Waals surface area contributed by atoms with Gasteiger partial charge >= 0.3 is 6.09 Å². The lowest BCUT2D eigenvalue weighted by molar-refractivity contribution is 0.163. The molecule has 0 unspecified atom stereocenters. The van der Waals surface area contributed by atoms with Crippen LogP contribution in [0.2, 0.25) is 0 Å². The van der Waals surface area contributed by atoms with Gasteiger partial charge in [0.2, 0.25) is 0 Å². The third kappa shape index (κ3) is 7.85. The maximum Gasteiger partial charge on any atom is 0.418 e. The molecule has 0 spiro atoms. The molecule has 0 atom stereocenters. The average Bonchev–Trinajstić information content (AvgIpc) is 2.95. The lowest BCUT2D eigenvalue weighted by atomic mass is 10.1. The maximum absolute atomic E-state index is 12.9. The molecule has 5 nitrogen and oxygen atoms in total. The quantitative estimate of drug-likeness (QED) is 0.213. The SMILES string of the molecule is CCOC(=O)N(c1cccc2ccccc12)c1cccc2ccccc12.OCCCC#CC#CCCCO. The van der Waals surface area contributed by atoms with Gasteiger partial charge in [-0.15, -0.1) is 0 Å². The molecule has 4 aromatic rings. The summed E-state index contributed by atoms with van der Waals surface area (Å²) in [5.74, 6) is 11.0. The number of carbonyl (C=O) groups excluding carboxylic acids is 1. The number of hydrogen-bond acceptors (Lipinski definition) is 4. The second-order valence-electron chi connectivity index (χ2n) is 8.29. The lowest BCUT2D eigenvalue weighted by Crippen LogP contribution is -2.27. The van der Waals surface area contributed by atoms with Crippen molar-refractivity contribution >= 4 is 39.0 Å². The van der Waals surface area contributed by atoms with Crippen molar-refractivity contribution in [2.24, 2.45) is 0 Å². The summed E-state index contributed by atoms with van der Waals surface area (Å²) in [7, 11) is 0. The van der Waals surface area contributed by atoms with Crippen LogP contribution in [0.1, 0.15) is 32.6 Å². The second kappa shape index (κ2) is 15.7. The highest BCUT2D eigenvalue weighted by Gasteiger charge is 2.22. The summed E-state index contributed by atoms with van der Waals surface area (Å²) < 4.78 is 5.40. The van der Waals surface area contributed by atoms with Crippen molar-refractivity contribution in [3.05, 3.63) is 84.9 Å². The van der Waals surface area contributed by atoms with Gasteiger partial charge in [-0.2, -0.15) is 0 Å². The molecular weight excluding hydrogens is 474 g/mol. The van der Waals surface area contributed by atoms with Gasteiger partial charge in [-0.1, -0.05) is 84.6 Å². The fourth-order valence-electron chi connectivity index (χ4n) is 3.87. The van der Waals surface area contributed by atoms with E-state index in [1.807, 2.05) is 91.9 Å². The summed E-state index contributed by atoms with van der Waals surface area (Å²) in [5, 5.41) is 21.0. The Hall–Kier alpha value is -4.29. The Balaban J connectivity index is 0.000000284. The smallest absolute Gasteiger partial charge is 0.418 e. The molecule has 5 heteroatoms. The molecule has 1 amide bonds. The van der Waals surface area contributed by atoms with Gasteiger partial charge < -0.3 is 14.9 Å². The Morgan fingerprint density at radius 1 is 0.711 bits per heavy atom. The first-order valence-corrected chi connectivity index (χ1v) is 12.8. The fourth-order valence-corrected chi connectivity index (χ4v) is 3.87. The van der Waals surface area contributed by atoms with Crippen molar-refractivity contribution < 1.29 is 19.7 Å². The minimum absolute atomic E-state index is 0.187. The molecule has 2 N–H and O–H groups in total. The van der Waals surface area contributed by atoms with E-state index in [9.17, 15) is 4.79 Å². The van der Waals surface area contributed by atoms with E-state index in [0.29, 0.717) is 32.3 Å². The van der Waals surface area contributed by atoms with Gasteiger partial charge in [-0.3, -0.25) is 0 Å². The number of anilines is 2. The highest BCUT2D eigenvalue weighted by atomic mass is 16.6. The topological polar surface area (TPSA) is 70.0 Å². The number of aliphatic hydroxyl groups is 2. The van der Waals surface area contributed by atoms with Gasteiger partial charge in [0.15, 0.2) is 0 Å². The third-order valence-electron chi connectivity index (χ3n) is 5.62. The van der Waals surface area contributed by atoms with Crippen molar-refractivity contribution in [1.29, 1.82) is 0 Å². The number of rotatable bonds is 7. The summed E-state index contributed by atoms with van der Waals surface area (Å²) in [6.07, 6.45) is 2.45. The van der Waals surface area contributed by atoms with Crippen molar-refractivity contribution in [2.75, 3.05) is 24.7 Å². The van der Waals surface area contributed by atoms with Gasteiger partial charge in [0.1, 0.15) is 0 Å². The molecule has 0 bridgehead atoms. The average molecular weight is 508 g/mol. The van der Waals surface area contributed by atoms with Gasteiger partial charge in [0.05, 0.1) is 18.0 Å². The number of benzene rings is 4. The van der Waals surface area contributed by atoms with E-state index >= 15 is 0 Å². The van der Waals surface area contributed by atoms with E-state index < -0.39 is 0 Å². The monoisotopic (exact) mass is 507 g/mol. The zero-order chi connectivity index (χ0) is 27.0. The van der Waals surface area contributed by atoms with Crippen LogP contribution in [0.25, 0.3) is 21.5 Å². The normalized spacial score (nSPS) is 9.87. The van der Waals surface area contributed by atoms with Crippen LogP contribution in [0, 0.1) is 23.7 Å². The molecule has 4 aromatic carbocycles. The van der Waals surface area contributed by atoms with E-state index in [2.05, 4.69) is 23.7 Å². The first kappa shape index (κ1) is 28.3. The molecule has 0 aromatic heterocycles. The number of hydrogen-bond donors (Lipinski definition) is 2. The van der Waals surface area contributed by atoms with Gasteiger partial charge in [-0.05, 0) is 54.5 Å². The maximum atomic E-state index is 12.9. The van der Waals surface area contributed by atoms with Gasteiger partial charge in [-0.25, -0.2) is 9.69 Å². The Morgan fingerprint density at radius 2 is 1.16 bits per heavy atom. The number of carbonyl (C=O) groups is 1. The first-order chi connectivity index (χ1) is 18.7. The largest absolute Gasteiger partial charge is 0.449 e. The minimum atomic E-state index is -0.375. The van der Waals surface area contributed by atoms with Crippen LogP contribution >= 0.6 is 0 Å². The molecule has 0 fully saturated rings. The van der Waals surface area contributed by atoms with Crippen LogP contribution in [-0.4, -0.2) is 36.1 Å². The fraction of sp³-hybridized carbons (Fsp3) is 0.242. The van der Waals surface area contributed by atoms with E-state index in [-0.39, 0.29) is 19.3 Å². The number of fused-ring (bicyclic) bond motifs is 2. The molecule has 4 rings (SSSR count). The predicted molar refractivity (Wildman–Crippen MR) is 155 cm³/mol. The third-order valence-corrected chi connectivity index (χ3v) is 5.62. The molecule has 38 heavy (non-hydrogen) atoms. The van der Waals surface area contributed by atoms with Crippen LogP contribution < -0.4 is 4.90 Å². The number of nitrogens with zero attached hydrogens (tertiary/aromatic N) is 1. The zero-order valence-electron chi connectivity index (χ0n) is 21.7. The number of amides is 1. The molecule has 0 saturated heterocycles. The van der Waals surface area contributed by atoms with Crippen LogP contribution in [-0.2, 0) is 4.74 Å². The number of aliphatic hydroxyl groups excluding tert-OH is 2. The molecule has 0 saturated carbocycles. The standard InChI is InChI=1S/C23H19NO2.C10H14O2/c1-2-26-23(25)24(21-15-7-11-17-9-3-5-13-19(17)21)22-16-8-12-18-10-4-6-14-20(18)22;11-9-7-5-3-1-2-4-6-8-10-12/h3-16H,2H2,1H3;11-12H,5-10H2. The van der Waals surface area contributed by atoms with Crippen LogP contribution in [0.4, 0.5) is 16.2 Å². The summed E-state index contributed by atoms with van der Waals surface area (Å²) in [5.41, 5.74) is 1.64.